The number of phenolic OH excluding ortho intramolecular Hbond substituents is 1. The summed E-state index contributed by atoms with van der Waals surface area (Å²) in [4.78, 5) is 53.5. The van der Waals surface area contributed by atoms with Crippen LogP contribution in [0, 0.1) is 5.92 Å². The maximum atomic E-state index is 13.1. The van der Waals surface area contributed by atoms with E-state index < -0.39 is 60.4 Å². The Morgan fingerprint density at radius 3 is 2.03 bits per heavy atom. The molecule has 1 aromatic rings. The smallest absolute Gasteiger partial charge is 0.326 e. The Labute approximate surface area is 214 Å². The molecule has 0 saturated carbocycles. The summed E-state index contributed by atoms with van der Waals surface area (Å²) in [5, 5.41) is 35.7. The van der Waals surface area contributed by atoms with E-state index in [4.69, 9.17) is 17.2 Å². The summed E-state index contributed by atoms with van der Waals surface area (Å²) in [6.45, 7) is 2.64. The molecule has 0 heterocycles. The number of phenols is 1. The van der Waals surface area contributed by atoms with E-state index in [1.807, 2.05) is 0 Å². The van der Waals surface area contributed by atoms with Crippen LogP contribution in [0.4, 0.5) is 0 Å². The Bertz CT molecular complexity index is 949. The molecule has 1 aromatic carbocycles. The van der Waals surface area contributed by atoms with Gasteiger partial charge in [-0.15, -0.1) is 0 Å². The van der Waals surface area contributed by atoms with Gasteiger partial charge in [0.05, 0.1) is 12.6 Å². The number of nitrogens with two attached hydrogens (primary N) is 3. The normalized spacial score (nSPS) is 14.1. The minimum Gasteiger partial charge on any atom is -0.508 e. The Morgan fingerprint density at radius 2 is 1.51 bits per heavy atom. The van der Waals surface area contributed by atoms with Gasteiger partial charge < -0.3 is 48.5 Å². The quantitative estimate of drug-likeness (QED) is 0.0663. The van der Waals surface area contributed by atoms with E-state index in [0.717, 1.165) is 0 Å². The molecule has 0 saturated heterocycles. The topological polar surface area (TPSA) is 255 Å². The second kappa shape index (κ2) is 15.3. The monoisotopic (exact) mass is 523 g/mol. The summed E-state index contributed by atoms with van der Waals surface area (Å²) in [5.74, 6) is -4.15. The van der Waals surface area contributed by atoms with Gasteiger partial charge in [0.2, 0.25) is 17.7 Å². The van der Waals surface area contributed by atoms with Gasteiger partial charge in [0.15, 0.2) is 5.96 Å². The Morgan fingerprint density at radius 1 is 0.946 bits per heavy atom. The van der Waals surface area contributed by atoms with Crippen molar-refractivity contribution >= 4 is 29.7 Å². The first-order chi connectivity index (χ1) is 17.3. The number of carboxylic acid groups (broad SMARTS) is 1. The number of aromatic hydroxyl groups is 1. The maximum absolute atomic E-state index is 13.1. The summed E-state index contributed by atoms with van der Waals surface area (Å²) in [5.41, 5.74) is 17.0. The van der Waals surface area contributed by atoms with Crippen molar-refractivity contribution < 1.29 is 34.5 Å². The molecule has 0 spiro atoms. The predicted molar refractivity (Wildman–Crippen MR) is 135 cm³/mol. The number of carbonyl (C=O) groups excluding carboxylic acids is 3. The predicted octanol–water partition coefficient (Wildman–Crippen LogP) is -2.50. The molecule has 206 valence electrons. The fraction of sp³-hybridized carbons (Fsp3) is 0.522. The average molecular weight is 524 g/mol. The number of aliphatic hydroxyl groups excluding tert-OH is 1. The molecule has 37 heavy (non-hydrogen) atoms. The number of hydrogen-bond donors (Lipinski definition) is 9. The molecule has 14 nitrogen and oxygen atoms in total. The van der Waals surface area contributed by atoms with E-state index in [1.54, 1.807) is 26.0 Å². The standard InChI is InChI=1S/C23H37N7O7/c1-12(2)18(22(36)37)30-21(35)17(11-31)29-20(34)16(10-13-5-7-14(32)8-6-13)28-19(33)15(24)4-3-9-27-23(25)26/h5-8,12,15-18,31-32H,3-4,9-11,24H2,1-2H3,(H,28,33)(H,29,34)(H,30,35)(H,36,37)(H4,25,26,27). The van der Waals surface area contributed by atoms with Crippen LogP contribution < -0.4 is 33.2 Å². The Balaban J connectivity index is 2.98. The van der Waals surface area contributed by atoms with E-state index in [1.165, 1.54) is 12.1 Å². The van der Waals surface area contributed by atoms with Crippen LogP contribution in [0.25, 0.3) is 0 Å². The van der Waals surface area contributed by atoms with Gasteiger partial charge in [0.1, 0.15) is 23.9 Å². The number of rotatable bonds is 15. The highest BCUT2D eigenvalue weighted by atomic mass is 16.4. The Kier molecular flexibility index (Phi) is 12.8. The zero-order valence-corrected chi connectivity index (χ0v) is 20.9. The fourth-order valence-corrected chi connectivity index (χ4v) is 3.24. The van der Waals surface area contributed by atoms with Crippen LogP contribution in [0.3, 0.4) is 0 Å². The first-order valence-electron chi connectivity index (χ1n) is 11.7. The van der Waals surface area contributed by atoms with Crippen molar-refractivity contribution in [3.05, 3.63) is 29.8 Å². The first kappa shape index (κ1) is 31.1. The van der Waals surface area contributed by atoms with Crippen LogP contribution in [0.15, 0.2) is 29.3 Å². The molecule has 4 unspecified atom stereocenters. The van der Waals surface area contributed by atoms with Crippen LogP contribution in [0.1, 0.15) is 32.3 Å². The van der Waals surface area contributed by atoms with Crippen LogP contribution in [0.2, 0.25) is 0 Å². The number of benzene rings is 1. The van der Waals surface area contributed by atoms with Crippen molar-refractivity contribution in [1.82, 2.24) is 16.0 Å². The third-order valence-corrected chi connectivity index (χ3v) is 5.36. The number of amides is 3. The molecule has 0 aliphatic rings. The number of nitrogens with zero attached hydrogens (tertiary/aromatic N) is 1. The molecule has 0 radical (unpaired) electrons. The molecular weight excluding hydrogens is 486 g/mol. The number of hydrogen-bond acceptors (Lipinski definition) is 8. The molecule has 1 rings (SSSR count). The highest BCUT2D eigenvalue weighted by molar-refractivity contribution is 5.94. The van der Waals surface area contributed by atoms with Crippen LogP contribution in [-0.2, 0) is 25.6 Å². The number of aliphatic imine (C=N–C) groups is 1. The molecule has 0 aromatic heterocycles. The van der Waals surface area contributed by atoms with Gasteiger partial charge in [0, 0.05) is 13.0 Å². The summed E-state index contributed by atoms with van der Waals surface area (Å²) in [6, 6.07) is 1.02. The molecular formula is C23H37N7O7. The lowest BCUT2D eigenvalue weighted by Gasteiger charge is -2.25. The zero-order valence-electron chi connectivity index (χ0n) is 20.9. The number of carbonyl (C=O) groups is 4. The molecule has 4 atom stereocenters. The molecule has 0 bridgehead atoms. The van der Waals surface area contributed by atoms with Crippen molar-refractivity contribution in [3.8, 4) is 5.75 Å². The summed E-state index contributed by atoms with van der Waals surface area (Å²) < 4.78 is 0. The number of carboxylic acids is 1. The van der Waals surface area contributed by atoms with Gasteiger partial charge in [0.25, 0.3) is 0 Å². The highest BCUT2D eigenvalue weighted by Gasteiger charge is 2.31. The second-order valence-electron chi connectivity index (χ2n) is 8.80. The lowest BCUT2D eigenvalue weighted by Crippen LogP contribution is -2.59. The minimum absolute atomic E-state index is 0.00624. The molecule has 0 aliphatic carbocycles. The van der Waals surface area contributed by atoms with Gasteiger partial charge >= 0.3 is 5.97 Å². The largest absolute Gasteiger partial charge is 0.508 e. The van der Waals surface area contributed by atoms with Crippen LogP contribution in [-0.4, -0.2) is 82.3 Å². The number of nitrogens with one attached hydrogen (secondary N) is 3. The van der Waals surface area contributed by atoms with E-state index in [-0.39, 0.29) is 31.1 Å². The maximum Gasteiger partial charge on any atom is 0.326 e. The van der Waals surface area contributed by atoms with Crippen molar-refractivity contribution in [3.63, 3.8) is 0 Å². The van der Waals surface area contributed by atoms with Crippen LogP contribution in [0.5, 0.6) is 5.75 Å². The number of aliphatic carboxylic acids is 1. The van der Waals surface area contributed by atoms with Gasteiger partial charge in [-0.3, -0.25) is 19.4 Å². The molecule has 14 heteroatoms. The van der Waals surface area contributed by atoms with Gasteiger partial charge in [-0.1, -0.05) is 26.0 Å². The second-order valence-corrected chi connectivity index (χ2v) is 8.80. The van der Waals surface area contributed by atoms with E-state index in [9.17, 15) is 34.5 Å². The Hall–Kier alpha value is -3.91. The lowest BCUT2D eigenvalue weighted by atomic mass is 10.0. The fourth-order valence-electron chi connectivity index (χ4n) is 3.24. The molecule has 0 fully saturated rings. The SMILES string of the molecule is CC(C)C(NC(=O)C(CO)NC(=O)C(Cc1ccc(O)cc1)NC(=O)C(N)CCCN=C(N)N)C(=O)O. The van der Waals surface area contributed by atoms with Gasteiger partial charge in [-0.25, -0.2) is 4.79 Å². The minimum atomic E-state index is -1.47. The molecule has 12 N–H and O–H groups in total. The average Bonchev–Trinajstić information content (AvgIpc) is 2.83. The first-order valence-corrected chi connectivity index (χ1v) is 11.7. The van der Waals surface area contributed by atoms with Crippen molar-refractivity contribution in [2.24, 2.45) is 28.1 Å². The van der Waals surface area contributed by atoms with E-state index in [0.29, 0.717) is 12.0 Å². The zero-order chi connectivity index (χ0) is 28.1. The number of aliphatic hydroxyl groups is 1. The van der Waals surface area contributed by atoms with Crippen molar-refractivity contribution in [1.29, 1.82) is 0 Å². The third-order valence-electron chi connectivity index (χ3n) is 5.36. The number of guanidine groups is 1. The van der Waals surface area contributed by atoms with Crippen molar-refractivity contribution in [2.75, 3.05) is 13.2 Å². The van der Waals surface area contributed by atoms with E-state index in [2.05, 4.69) is 20.9 Å². The van der Waals surface area contributed by atoms with Crippen molar-refractivity contribution in [2.45, 2.75) is 57.3 Å². The van der Waals surface area contributed by atoms with E-state index >= 15 is 0 Å². The third kappa shape index (κ3) is 11.1. The lowest BCUT2D eigenvalue weighted by molar-refractivity contribution is -0.143. The van der Waals surface area contributed by atoms with Gasteiger partial charge in [-0.05, 0) is 36.5 Å². The van der Waals surface area contributed by atoms with Crippen LogP contribution >= 0.6 is 0 Å². The van der Waals surface area contributed by atoms with Gasteiger partial charge in [-0.2, -0.15) is 0 Å². The highest BCUT2D eigenvalue weighted by Crippen LogP contribution is 2.12. The molecule has 3 amide bonds. The summed E-state index contributed by atoms with van der Waals surface area (Å²) in [6.07, 6.45) is 0.611. The summed E-state index contributed by atoms with van der Waals surface area (Å²) in [7, 11) is 0. The molecule has 0 aliphatic heterocycles. The summed E-state index contributed by atoms with van der Waals surface area (Å²) >= 11 is 0.